The predicted molar refractivity (Wildman–Crippen MR) is 97.2 cm³/mol. The Bertz CT molecular complexity index is 755. The molecule has 3 atom stereocenters. The summed E-state index contributed by atoms with van der Waals surface area (Å²) in [6.07, 6.45) is 3.18. The third-order valence-corrected chi connectivity index (χ3v) is 5.48. The molecule has 7 nitrogen and oxygen atoms in total. The van der Waals surface area contributed by atoms with Crippen molar-refractivity contribution in [1.29, 1.82) is 0 Å². The number of rotatable bonds is 5. The van der Waals surface area contributed by atoms with Gasteiger partial charge in [-0.25, -0.2) is 4.79 Å². The van der Waals surface area contributed by atoms with Crippen LogP contribution in [0.25, 0.3) is 0 Å². The molecule has 0 radical (unpaired) electrons. The summed E-state index contributed by atoms with van der Waals surface area (Å²) in [6, 6.07) is 4.35. The Hall–Kier alpha value is -2.70. The molecule has 0 bridgehead atoms. The van der Waals surface area contributed by atoms with E-state index in [-0.39, 0.29) is 6.04 Å². The second-order valence-corrected chi connectivity index (χ2v) is 7.17. The summed E-state index contributed by atoms with van der Waals surface area (Å²) < 4.78 is 0. The van der Waals surface area contributed by atoms with Gasteiger partial charge in [0.2, 0.25) is 5.91 Å². The van der Waals surface area contributed by atoms with E-state index in [0.29, 0.717) is 36.8 Å². The second-order valence-electron chi connectivity index (χ2n) is 7.17. The highest BCUT2D eigenvalue weighted by Gasteiger charge is 2.47. The van der Waals surface area contributed by atoms with Gasteiger partial charge in [-0.05, 0) is 44.7 Å². The van der Waals surface area contributed by atoms with Crippen LogP contribution in [0.2, 0.25) is 0 Å². The van der Waals surface area contributed by atoms with Gasteiger partial charge < -0.3 is 10.0 Å². The van der Waals surface area contributed by atoms with Gasteiger partial charge in [0, 0.05) is 6.04 Å². The number of nitrogens with zero attached hydrogens (tertiary/aromatic N) is 2. The average molecular weight is 372 g/mol. The molecule has 1 aromatic rings. The first-order valence-corrected chi connectivity index (χ1v) is 9.40. The molecule has 2 heterocycles. The van der Waals surface area contributed by atoms with Crippen molar-refractivity contribution in [3.05, 3.63) is 35.4 Å². The summed E-state index contributed by atoms with van der Waals surface area (Å²) in [6.45, 7) is 3.47. The van der Waals surface area contributed by atoms with E-state index in [1.54, 1.807) is 24.3 Å². The van der Waals surface area contributed by atoms with Crippen LogP contribution in [-0.4, -0.2) is 56.7 Å². The van der Waals surface area contributed by atoms with E-state index in [0.717, 1.165) is 11.3 Å². The van der Waals surface area contributed by atoms with Gasteiger partial charge in [-0.1, -0.05) is 25.5 Å². The first kappa shape index (κ1) is 19.1. The smallest absolute Gasteiger partial charge is 0.326 e. The number of likely N-dealkylation sites (tertiary alicyclic amines) is 1. The Morgan fingerprint density at radius 1 is 1.15 bits per heavy atom. The van der Waals surface area contributed by atoms with Crippen molar-refractivity contribution in [2.75, 3.05) is 0 Å². The summed E-state index contributed by atoms with van der Waals surface area (Å²) in [5.41, 5.74) is 0.588. The van der Waals surface area contributed by atoms with Crippen molar-refractivity contribution in [3.63, 3.8) is 0 Å². The standard InChI is InChI=1S/C20H24N2O5/c1-3-7-13-8-6-11-16(19(25)21(13)12(2)20(26)27)22-17(23)14-9-4-5-10-15(14)18(22)24/h4-5,9-10,12-13,16H,3,6-8,11H2,1-2H3,(H,26,27)/t12?,13-,16+/m1/s1. The third kappa shape index (κ3) is 3.22. The lowest BCUT2D eigenvalue weighted by atomic mass is 10.0. The van der Waals surface area contributed by atoms with Crippen LogP contribution in [0.5, 0.6) is 0 Å². The monoisotopic (exact) mass is 372 g/mol. The highest BCUT2D eigenvalue weighted by atomic mass is 16.4. The van der Waals surface area contributed by atoms with Gasteiger partial charge in [-0.15, -0.1) is 0 Å². The fourth-order valence-corrected chi connectivity index (χ4v) is 4.13. The van der Waals surface area contributed by atoms with Crippen molar-refractivity contribution >= 4 is 23.7 Å². The highest BCUT2D eigenvalue weighted by Crippen LogP contribution is 2.31. The van der Waals surface area contributed by atoms with Crippen LogP contribution in [0.3, 0.4) is 0 Å². The number of carbonyl (C=O) groups is 4. The molecule has 7 heteroatoms. The zero-order valence-electron chi connectivity index (χ0n) is 15.6. The van der Waals surface area contributed by atoms with Crippen molar-refractivity contribution in [1.82, 2.24) is 9.80 Å². The molecule has 1 saturated heterocycles. The summed E-state index contributed by atoms with van der Waals surface area (Å²) >= 11 is 0. The third-order valence-electron chi connectivity index (χ3n) is 5.48. The molecule has 3 amide bonds. The number of hydrogen-bond donors (Lipinski definition) is 1. The molecule has 1 aromatic carbocycles. The van der Waals surface area contributed by atoms with Crippen LogP contribution in [0.4, 0.5) is 0 Å². The van der Waals surface area contributed by atoms with Gasteiger partial charge in [0.05, 0.1) is 11.1 Å². The van der Waals surface area contributed by atoms with Gasteiger partial charge in [-0.3, -0.25) is 19.3 Å². The van der Waals surface area contributed by atoms with Crippen molar-refractivity contribution < 1.29 is 24.3 Å². The van der Waals surface area contributed by atoms with E-state index >= 15 is 0 Å². The second kappa shape index (κ2) is 7.50. The minimum absolute atomic E-state index is 0.200. The maximum Gasteiger partial charge on any atom is 0.326 e. The van der Waals surface area contributed by atoms with Gasteiger partial charge >= 0.3 is 5.97 Å². The number of hydrogen-bond acceptors (Lipinski definition) is 4. The average Bonchev–Trinajstić information content (AvgIpc) is 2.79. The fraction of sp³-hybridized carbons (Fsp3) is 0.500. The quantitative estimate of drug-likeness (QED) is 0.800. The summed E-state index contributed by atoms with van der Waals surface area (Å²) in [5, 5.41) is 9.49. The predicted octanol–water partition coefficient (Wildman–Crippen LogP) is 2.31. The fourth-order valence-electron chi connectivity index (χ4n) is 4.13. The van der Waals surface area contributed by atoms with E-state index < -0.39 is 35.8 Å². The summed E-state index contributed by atoms with van der Waals surface area (Å²) in [4.78, 5) is 52.9. The molecule has 0 aliphatic carbocycles. The Balaban J connectivity index is 1.97. The number of carbonyl (C=O) groups excluding carboxylic acids is 3. The molecule has 3 rings (SSSR count). The maximum absolute atomic E-state index is 13.3. The number of imide groups is 1. The van der Waals surface area contributed by atoms with E-state index in [9.17, 15) is 24.3 Å². The van der Waals surface area contributed by atoms with Crippen LogP contribution in [-0.2, 0) is 9.59 Å². The van der Waals surface area contributed by atoms with Crippen LogP contribution in [0.15, 0.2) is 24.3 Å². The molecule has 2 aliphatic heterocycles. The molecule has 1 fully saturated rings. The van der Waals surface area contributed by atoms with E-state index in [1.165, 1.54) is 11.8 Å². The van der Waals surface area contributed by atoms with Crippen LogP contribution >= 0.6 is 0 Å². The topological polar surface area (TPSA) is 95.0 Å². The summed E-state index contributed by atoms with van der Waals surface area (Å²) in [5.74, 6) is -2.50. The molecular formula is C20H24N2O5. The Morgan fingerprint density at radius 3 is 2.26 bits per heavy atom. The minimum Gasteiger partial charge on any atom is -0.480 e. The molecule has 0 spiro atoms. The van der Waals surface area contributed by atoms with Crippen molar-refractivity contribution in [3.8, 4) is 0 Å². The molecule has 1 unspecified atom stereocenters. The molecule has 2 aliphatic rings. The molecule has 1 N–H and O–H groups in total. The van der Waals surface area contributed by atoms with E-state index in [4.69, 9.17) is 0 Å². The number of aliphatic carboxylic acids is 1. The van der Waals surface area contributed by atoms with E-state index in [2.05, 4.69) is 0 Å². The SMILES string of the molecule is CCC[C@@H]1CCC[C@H](N2C(=O)c3ccccc3C2=O)C(=O)N1C(C)C(=O)O. The number of benzene rings is 1. The van der Waals surface area contributed by atoms with Crippen LogP contribution in [0, 0.1) is 0 Å². The van der Waals surface area contributed by atoms with Crippen molar-refractivity contribution in [2.24, 2.45) is 0 Å². The number of amides is 3. The minimum atomic E-state index is -1.09. The normalized spacial score (nSPS) is 24.0. The van der Waals surface area contributed by atoms with Crippen molar-refractivity contribution in [2.45, 2.75) is 64.1 Å². The molecule has 0 aromatic heterocycles. The van der Waals surface area contributed by atoms with Gasteiger partial charge in [0.25, 0.3) is 11.8 Å². The highest BCUT2D eigenvalue weighted by molar-refractivity contribution is 6.22. The Labute approximate surface area is 157 Å². The first-order chi connectivity index (χ1) is 12.9. The maximum atomic E-state index is 13.3. The Kier molecular flexibility index (Phi) is 5.30. The first-order valence-electron chi connectivity index (χ1n) is 9.40. The molecule has 144 valence electrons. The van der Waals surface area contributed by atoms with Gasteiger partial charge in [-0.2, -0.15) is 0 Å². The number of carboxylic acids is 1. The van der Waals surface area contributed by atoms with Crippen LogP contribution in [0.1, 0.15) is 66.7 Å². The summed E-state index contributed by atoms with van der Waals surface area (Å²) in [7, 11) is 0. The lowest BCUT2D eigenvalue weighted by Gasteiger charge is -2.36. The number of carboxylic acid groups (broad SMARTS) is 1. The lowest BCUT2D eigenvalue weighted by molar-refractivity contribution is -0.153. The largest absolute Gasteiger partial charge is 0.480 e. The molecule has 0 saturated carbocycles. The lowest BCUT2D eigenvalue weighted by Crippen LogP contribution is -2.56. The zero-order chi connectivity index (χ0) is 19.7. The number of fused-ring (bicyclic) bond motifs is 1. The van der Waals surface area contributed by atoms with Gasteiger partial charge in [0.15, 0.2) is 0 Å². The zero-order valence-corrected chi connectivity index (χ0v) is 15.6. The Morgan fingerprint density at radius 2 is 1.74 bits per heavy atom. The molecular weight excluding hydrogens is 348 g/mol. The van der Waals surface area contributed by atoms with Crippen LogP contribution < -0.4 is 0 Å². The van der Waals surface area contributed by atoms with Gasteiger partial charge in [0.1, 0.15) is 12.1 Å². The van der Waals surface area contributed by atoms with E-state index in [1.807, 2.05) is 6.92 Å². The molecule has 27 heavy (non-hydrogen) atoms.